The minimum Gasteiger partial charge on any atom is -0.316 e. The quantitative estimate of drug-likeness (QED) is 0.595. The first-order chi connectivity index (χ1) is 4.85. The van der Waals surface area contributed by atoms with E-state index in [-0.39, 0.29) is 0 Å². The number of allylic oxidation sites excluding steroid dienone is 1. The highest BCUT2D eigenvalue weighted by Gasteiger charge is 1.82. The smallest absolute Gasteiger partial charge is 0.0199 e. The molecule has 1 N–H and O–H groups in total. The molecule has 0 atom stereocenters. The molecule has 60 valence electrons. The van der Waals surface area contributed by atoms with Gasteiger partial charge in [0.25, 0.3) is 0 Å². The highest BCUT2D eigenvalue weighted by atomic mass is 14.8. The maximum absolute atomic E-state index is 3.64. The van der Waals surface area contributed by atoms with E-state index < -0.39 is 0 Å². The number of nitrogens with one attached hydrogen (secondary N) is 1. The van der Waals surface area contributed by atoms with Crippen LogP contribution in [0.15, 0.2) is 24.3 Å². The summed E-state index contributed by atoms with van der Waals surface area (Å²) in [6.45, 7) is 10.6. The van der Waals surface area contributed by atoms with E-state index in [1.165, 1.54) is 5.57 Å². The van der Waals surface area contributed by atoms with E-state index in [9.17, 15) is 0 Å². The van der Waals surface area contributed by atoms with Gasteiger partial charge in [0.2, 0.25) is 0 Å². The summed E-state index contributed by atoms with van der Waals surface area (Å²) in [5, 5.41) is 3.03. The number of likely N-dealkylation sites (N-methyl/N-ethyl adjacent to an activating group) is 1. The summed E-state index contributed by atoms with van der Waals surface area (Å²) in [5.74, 6) is 0. The van der Waals surface area contributed by atoms with Crippen LogP contribution >= 0.6 is 0 Å². The highest BCUT2D eigenvalue weighted by molar-refractivity contribution is 5.16. The third-order valence-electron chi connectivity index (χ3n) is 1.01. The summed E-state index contributed by atoms with van der Waals surface area (Å²) in [6, 6.07) is 0. The van der Waals surface area contributed by atoms with Gasteiger partial charge in [0.15, 0.2) is 0 Å². The lowest BCUT2D eigenvalue weighted by atomic mass is 10.2. The van der Waals surface area contributed by atoms with Gasteiger partial charge in [-0.1, -0.05) is 32.6 Å². The topological polar surface area (TPSA) is 12.0 Å². The molecule has 0 aliphatic heterocycles. The maximum atomic E-state index is 3.64. The molecule has 0 bridgehead atoms. The molecule has 10 heavy (non-hydrogen) atoms. The van der Waals surface area contributed by atoms with E-state index in [2.05, 4.69) is 11.9 Å². The van der Waals surface area contributed by atoms with Crippen molar-refractivity contribution in [2.45, 2.75) is 20.8 Å². The molecule has 0 unspecified atom stereocenters. The molecule has 0 amide bonds. The van der Waals surface area contributed by atoms with Crippen LogP contribution < -0.4 is 5.32 Å². The molecule has 0 rings (SSSR count). The molecule has 0 saturated carbocycles. The van der Waals surface area contributed by atoms with Gasteiger partial charge in [0.05, 0.1) is 0 Å². The van der Waals surface area contributed by atoms with Crippen molar-refractivity contribution >= 4 is 0 Å². The fourth-order valence-electron chi connectivity index (χ4n) is 0.496. The Kier molecular flexibility index (Phi) is 13.7. The van der Waals surface area contributed by atoms with Crippen LogP contribution in [0.4, 0.5) is 0 Å². The van der Waals surface area contributed by atoms with Crippen molar-refractivity contribution in [3.05, 3.63) is 24.3 Å². The average molecular weight is 141 g/mol. The van der Waals surface area contributed by atoms with Gasteiger partial charge < -0.3 is 5.32 Å². The average Bonchev–Trinajstić information content (AvgIpc) is 2.04. The summed E-state index contributed by atoms with van der Waals surface area (Å²) in [4.78, 5) is 0. The molecule has 0 aromatic heterocycles. The zero-order chi connectivity index (χ0) is 8.41. The SMILES string of the molecule is C=C/C(=C\C)CNC.CC. The normalized spacial score (nSPS) is 9.80. The fourth-order valence-corrected chi connectivity index (χ4v) is 0.496. The summed E-state index contributed by atoms with van der Waals surface area (Å²) in [7, 11) is 1.92. The standard InChI is InChI=1S/C7H13N.C2H6/c1-4-7(5-2)6-8-3;1-2/h4-5,8H,1,6H2,2-3H3;1-2H3/b7-5+;. The Labute approximate surface area is 64.8 Å². The van der Waals surface area contributed by atoms with E-state index in [0.717, 1.165) is 6.54 Å². The lowest BCUT2D eigenvalue weighted by Gasteiger charge is -1.95. The van der Waals surface area contributed by atoms with Crippen molar-refractivity contribution in [2.75, 3.05) is 13.6 Å². The van der Waals surface area contributed by atoms with E-state index in [4.69, 9.17) is 0 Å². The van der Waals surface area contributed by atoms with Crippen molar-refractivity contribution in [1.82, 2.24) is 5.32 Å². The van der Waals surface area contributed by atoms with Gasteiger partial charge in [0, 0.05) is 6.54 Å². The van der Waals surface area contributed by atoms with Crippen molar-refractivity contribution in [2.24, 2.45) is 0 Å². The highest BCUT2D eigenvalue weighted by Crippen LogP contribution is 1.89. The van der Waals surface area contributed by atoms with E-state index in [0.29, 0.717) is 0 Å². The molecule has 0 aliphatic rings. The first kappa shape index (κ1) is 12.1. The molecular formula is C9H19N. The molecule has 0 aliphatic carbocycles. The van der Waals surface area contributed by atoms with E-state index in [1.807, 2.05) is 40.0 Å². The van der Waals surface area contributed by atoms with Crippen molar-refractivity contribution < 1.29 is 0 Å². The molecule has 0 heterocycles. The predicted molar refractivity (Wildman–Crippen MR) is 49.2 cm³/mol. The van der Waals surface area contributed by atoms with Crippen molar-refractivity contribution in [3.63, 3.8) is 0 Å². The summed E-state index contributed by atoms with van der Waals surface area (Å²) in [6.07, 6.45) is 3.90. The monoisotopic (exact) mass is 141 g/mol. The molecule has 0 aromatic carbocycles. The Morgan fingerprint density at radius 1 is 1.50 bits per heavy atom. The summed E-state index contributed by atoms with van der Waals surface area (Å²) in [5.41, 5.74) is 1.24. The van der Waals surface area contributed by atoms with E-state index >= 15 is 0 Å². The van der Waals surface area contributed by atoms with Crippen LogP contribution in [0.25, 0.3) is 0 Å². The van der Waals surface area contributed by atoms with Gasteiger partial charge in [-0.15, -0.1) is 0 Å². The molecular weight excluding hydrogens is 122 g/mol. The van der Waals surface area contributed by atoms with E-state index in [1.54, 1.807) is 0 Å². The largest absolute Gasteiger partial charge is 0.316 e. The van der Waals surface area contributed by atoms with Gasteiger partial charge in [-0.3, -0.25) is 0 Å². The van der Waals surface area contributed by atoms with Gasteiger partial charge >= 0.3 is 0 Å². The zero-order valence-electron chi connectivity index (χ0n) is 7.57. The molecule has 0 radical (unpaired) electrons. The second kappa shape index (κ2) is 11.3. The first-order valence-electron chi connectivity index (χ1n) is 3.77. The van der Waals surface area contributed by atoms with Gasteiger partial charge in [-0.2, -0.15) is 0 Å². The Morgan fingerprint density at radius 2 is 2.00 bits per heavy atom. The second-order valence-corrected chi connectivity index (χ2v) is 1.60. The lowest BCUT2D eigenvalue weighted by molar-refractivity contribution is 0.894. The van der Waals surface area contributed by atoms with Crippen LogP contribution in [0, 0.1) is 0 Å². The van der Waals surface area contributed by atoms with Gasteiger partial charge in [-0.05, 0) is 19.5 Å². The van der Waals surface area contributed by atoms with Gasteiger partial charge in [0.1, 0.15) is 0 Å². The minimum absolute atomic E-state index is 0.917. The Balaban J connectivity index is 0. The summed E-state index contributed by atoms with van der Waals surface area (Å²) < 4.78 is 0. The Morgan fingerprint density at radius 3 is 2.10 bits per heavy atom. The maximum Gasteiger partial charge on any atom is 0.0199 e. The van der Waals surface area contributed by atoms with Crippen LogP contribution in [0.3, 0.4) is 0 Å². The van der Waals surface area contributed by atoms with Crippen molar-refractivity contribution in [3.8, 4) is 0 Å². The Bertz CT molecular complexity index is 92.9. The lowest BCUT2D eigenvalue weighted by Crippen LogP contribution is -2.08. The van der Waals surface area contributed by atoms with Gasteiger partial charge in [-0.25, -0.2) is 0 Å². The van der Waals surface area contributed by atoms with Crippen LogP contribution in [0.1, 0.15) is 20.8 Å². The molecule has 0 fully saturated rings. The molecule has 1 nitrogen and oxygen atoms in total. The fraction of sp³-hybridized carbons (Fsp3) is 0.556. The second-order valence-electron chi connectivity index (χ2n) is 1.60. The number of hydrogen-bond donors (Lipinski definition) is 1. The molecule has 1 heteroatoms. The Hall–Kier alpha value is -0.560. The number of rotatable bonds is 3. The molecule has 0 aromatic rings. The van der Waals surface area contributed by atoms with Crippen LogP contribution in [-0.4, -0.2) is 13.6 Å². The third kappa shape index (κ3) is 7.44. The third-order valence-corrected chi connectivity index (χ3v) is 1.01. The van der Waals surface area contributed by atoms with Crippen LogP contribution in [0.2, 0.25) is 0 Å². The first-order valence-corrected chi connectivity index (χ1v) is 3.77. The predicted octanol–water partition coefficient (Wildman–Crippen LogP) is 2.36. The van der Waals surface area contributed by atoms with Crippen LogP contribution in [-0.2, 0) is 0 Å². The zero-order valence-corrected chi connectivity index (χ0v) is 7.57. The van der Waals surface area contributed by atoms with Crippen LogP contribution in [0.5, 0.6) is 0 Å². The molecule has 0 saturated heterocycles. The van der Waals surface area contributed by atoms with Crippen molar-refractivity contribution in [1.29, 1.82) is 0 Å². The molecule has 0 spiro atoms. The summed E-state index contributed by atoms with van der Waals surface area (Å²) >= 11 is 0. The minimum atomic E-state index is 0.917. The number of hydrogen-bond acceptors (Lipinski definition) is 1.